The maximum Gasteiger partial charge on any atom is 0.511 e. The van der Waals surface area contributed by atoms with Gasteiger partial charge in [0, 0.05) is 30.8 Å². The first-order valence-electron chi connectivity index (χ1n) is 12.1. The van der Waals surface area contributed by atoms with Crippen LogP contribution in [-0.4, -0.2) is 54.8 Å². The van der Waals surface area contributed by atoms with Gasteiger partial charge in [-0.25, -0.2) is 18.4 Å². The average Bonchev–Trinajstić information content (AvgIpc) is 3.54. The Kier molecular flexibility index (Phi) is 6.15. The summed E-state index contributed by atoms with van der Waals surface area (Å²) < 4.78 is 65.9. The lowest BCUT2D eigenvalue weighted by Gasteiger charge is -2.27. The molecule has 3 aromatic heterocycles. The van der Waals surface area contributed by atoms with Gasteiger partial charge in [0.05, 0.1) is 41.4 Å². The van der Waals surface area contributed by atoms with Crippen molar-refractivity contribution in [3.8, 4) is 11.3 Å². The number of alkyl halides is 3. The van der Waals surface area contributed by atoms with Gasteiger partial charge in [-0.1, -0.05) is 35.9 Å². The predicted molar refractivity (Wildman–Crippen MR) is 134 cm³/mol. The minimum atomic E-state index is -5.41. The molecule has 1 aromatic carbocycles. The van der Waals surface area contributed by atoms with Crippen molar-refractivity contribution in [2.45, 2.75) is 43.9 Å². The normalized spacial score (nSPS) is 16.4. The maximum atomic E-state index is 13.1. The summed E-state index contributed by atoms with van der Waals surface area (Å²) in [4.78, 5) is 21.9. The standard InChI is InChI=1S/C24H21ClF3N7O3S/c25-17-11-30-23-31-20(16-5-6-16)21(34(23)12-17)22(36)29-10-14-1-3-15(4-2-14)19-9-18-13-33(7-8-35(18)32-19)39(37,38)24(26,27)28/h1-4,9,11-12,16H,5-8,10,13H2,(H,29,36). The third-order valence-electron chi connectivity index (χ3n) is 6.75. The Hall–Kier alpha value is -3.49. The number of hydrogen-bond acceptors (Lipinski definition) is 6. The van der Waals surface area contributed by atoms with E-state index in [1.54, 1.807) is 28.8 Å². The summed E-state index contributed by atoms with van der Waals surface area (Å²) in [5.74, 6) is 0.349. The van der Waals surface area contributed by atoms with Crippen LogP contribution in [0.15, 0.2) is 42.7 Å². The molecule has 4 aromatic rings. The van der Waals surface area contributed by atoms with E-state index >= 15 is 0 Å². The molecule has 1 fully saturated rings. The van der Waals surface area contributed by atoms with Gasteiger partial charge in [-0.3, -0.25) is 13.9 Å². The molecule has 39 heavy (non-hydrogen) atoms. The first-order chi connectivity index (χ1) is 18.5. The number of sulfonamides is 1. The highest BCUT2D eigenvalue weighted by molar-refractivity contribution is 7.89. The molecule has 10 nitrogen and oxygen atoms in total. The zero-order valence-corrected chi connectivity index (χ0v) is 21.8. The molecular formula is C24H21ClF3N7O3S. The number of rotatable bonds is 6. The van der Waals surface area contributed by atoms with Crippen LogP contribution in [0.2, 0.25) is 5.02 Å². The second kappa shape index (κ2) is 9.31. The lowest BCUT2D eigenvalue weighted by atomic mass is 10.1. The molecule has 1 aliphatic heterocycles. The predicted octanol–water partition coefficient (Wildman–Crippen LogP) is 3.72. The summed E-state index contributed by atoms with van der Waals surface area (Å²) in [7, 11) is -5.41. The number of benzene rings is 1. The second-order valence-corrected chi connectivity index (χ2v) is 11.8. The highest BCUT2D eigenvalue weighted by Gasteiger charge is 2.50. The van der Waals surface area contributed by atoms with E-state index in [-0.39, 0.29) is 31.5 Å². The van der Waals surface area contributed by atoms with Gasteiger partial charge in [0.1, 0.15) is 5.69 Å². The van der Waals surface area contributed by atoms with Gasteiger partial charge in [-0.15, -0.1) is 0 Å². The molecular weight excluding hydrogens is 559 g/mol. The molecule has 0 spiro atoms. The number of halogens is 4. The summed E-state index contributed by atoms with van der Waals surface area (Å²) in [6.45, 7) is -0.465. The highest BCUT2D eigenvalue weighted by Crippen LogP contribution is 2.41. The summed E-state index contributed by atoms with van der Waals surface area (Å²) in [6.07, 6.45) is 5.04. The molecule has 1 aliphatic carbocycles. The molecule has 0 atom stereocenters. The van der Waals surface area contributed by atoms with Gasteiger partial charge in [-0.2, -0.15) is 22.6 Å². The van der Waals surface area contributed by atoms with Crippen molar-refractivity contribution in [2.75, 3.05) is 6.54 Å². The molecule has 15 heteroatoms. The van der Waals surface area contributed by atoms with Crippen molar-refractivity contribution in [3.63, 3.8) is 0 Å². The Balaban J connectivity index is 1.15. The van der Waals surface area contributed by atoms with Crippen molar-refractivity contribution < 1.29 is 26.4 Å². The van der Waals surface area contributed by atoms with E-state index in [0.29, 0.717) is 43.4 Å². The fourth-order valence-corrected chi connectivity index (χ4v) is 5.65. The number of imidazole rings is 1. The Morgan fingerprint density at radius 3 is 2.59 bits per heavy atom. The molecule has 4 heterocycles. The monoisotopic (exact) mass is 579 g/mol. The summed E-state index contributed by atoms with van der Waals surface area (Å²) in [6, 6.07) is 8.77. The van der Waals surface area contributed by atoms with Crippen LogP contribution in [0.25, 0.3) is 17.0 Å². The number of nitrogens with one attached hydrogen (secondary N) is 1. The zero-order chi connectivity index (χ0) is 27.5. The van der Waals surface area contributed by atoms with Crippen molar-refractivity contribution in [1.29, 1.82) is 0 Å². The molecule has 6 rings (SSSR count). The molecule has 0 bridgehead atoms. The average molecular weight is 580 g/mol. The van der Waals surface area contributed by atoms with Crippen molar-refractivity contribution >= 4 is 33.3 Å². The third-order valence-corrected chi connectivity index (χ3v) is 8.52. The fourth-order valence-electron chi connectivity index (χ4n) is 4.59. The number of aromatic nitrogens is 5. The first-order valence-corrected chi connectivity index (χ1v) is 13.9. The summed E-state index contributed by atoms with van der Waals surface area (Å²) >= 11 is 6.09. The largest absolute Gasteiger partial charge is 0.511 e. The summed E-state index contributed by atoms with van der Waals surface area (Å²) in [5.41, 5.74) is -1.82. The van der Waals surface area contributed by atoms with E-state index < -0.39 is 22.1 Å². The maximum absolute atomic E-state index is 13.1. The van der Waals surface area contributed by atoms with Crippen LogP contribution in [0.4, 0.5) is 13.2 Å². The Bertz CT molecular complexity index is 1700. The quantitative estimate of drug-likeness (QED) is 0.372. The van der Waals surface area contributed by atoms with E-state index in [4.69, 9.17) is 11.6 Å². The van der Waals surface area contributed by atoms with E-state index in [1.165, 1.54) is 10.9 Å². The molecule has 0 unspecified atom stereocenters. The van der Waals surface area contributed by atoms with Crippen LogP contribution >= 0.6 is 11.6 Å². The lowest BCUT2D eigenvalue weighted by molar-refractivity contribution is -0.0496. The van der Waals surface area contributed by atoms with Gasteiger partial charge < -0.3 is 5.32 Å². The number of carbonyl (C=O) groups excluding carboxylic acids is 1. The van der Waals surface area contributed by atoms with E-state index in [2.05, 4.69) is 20.4 Å². The van der Waals surface area contributed by atoms with Crippen LogP contribution in [0.5, 0.6) is 0 Å². The van der Waals surface area contributed by atoms with Crippen molar-refractivity contribution in [2.24, 2.45) is 0 Å². The highest BCUT2D eigenvalue weighted by atomic mass is 35.5. The zero-order valence-electron chi connectivity index (χ0n) is 20.2. The Labute approximate surface area is 225 Å². The first kappa shape index (κ1) is 25.8. The fraction of sp³-hybridized carbons (Fsp3) is 0.333. The van der Waals surface area contributed by atoms with Gasteiger partial charge in [0.15, 0.2) is 0 Å². The van der Waals surface area contributed by atoms with E-state index in [1.807, 2.05) is 12.1 Å². The number of nitrogens with zero attached hydrogens (tertiary/aromatic N) is 6. The molecule has 0 saturated heterocycles. The number of fused-ring (bicyclic) bond motifs is 2. The van der Waals surface area contributed by atoms with E-state index in [9.17, 15) is 26.4 Å². The van der Waals surface area contributed by atoms with Crippen LogP contribution in [0.1, 0.15) is 46.2 Å². The van der Waals surface area contributed by atoms with Crippen LogP contribution < -0.4 is 5.32 Å². The van der Waals surface area contributed by atoms with Gasteiger partial charge in [0.2, 0.25) is 5.78 Å². The SMILES string of the molecule is O=C(NCc1ccc(-c2cc3n(n2)CCN(S(=O)(=O)C(F)(F)F)C3)cc1)c1c(C2CC2)nc2ncc(Cl)cn12. The minimum absolute atomic E-state index is 0.0155. The van der Waals surface area contributed by atoms with Crippen LogP contribution in [0.3, 0.4) is 0 Å². The van der Waals surface area contributed by atoms with Gasteiger partial charge >= 0.3 is 15.5 Å². The molecule has 204 valence electrons. The Morgan fingerprint density at radius 2 is 1.90 bits per heavy atom. The number of carbonyl (C=O) groups is 1. The lowest BCUT2D eigenvalue weighted by Crippen LogP contribution is -2.44. The molecule has 1 amide bonds. The van der Waals surface area contributed by atoms with Crippen molar-refractivity contribution in [1.82, 2.24) is 33.8 Å². The molecule has 2 aliphatic rings. The molecule has 1 N–H and O–H groups in total. The summed E-state index contributed by atoms with van der Waals surface area (Å²) in [5, 5.41) is 7.74. The van der Waals surface area contributed by atoms with Gasteiger partial charge in [0.25, 0.3) is 5.91 Å². The minimum Gasteiger partial charge on any atom is -0.347 e. The van der Waals surface area contributed by atoms with Crippen LogP contribution in [-0.2, 0) is 29.7 Å². The number of amides is 1. The second-order valence-electron chi connectivity index (χ2n) is 9.47. The topological polar surface area (TPSA) is 114 Å². The van der Waals surface area contributed by atoms with E-state index in [0.717, 1.165) is 18.4 Å². The molecule has 1 saturated carbocycles. The third kappa shape index (κ3) is 4.76. The Morgan fingerprint density at radius 1 is 1.15 bits per heavy atom. The van der Waals surface area contributed by atoms with Crippen LogP contribution in [0, 0.1) is 0 Å². The van der Waals surface area contributed by atoms with Gasteiger partial charge in [-0.05, 0) is 24.5 Å². The number of hydrogen-bond donors (Lipinski definition) is 1. The van der Waals surface area contributed by atoms with Crippen molar-refractivity contribution in [3.05, 3.63) is 70.4 Å². The smallest absolute Gasteiger partial charge is 0.347 e. The molecule has 0 radical (unpaired) electrons.